The second-order valence-electron chi connectivity index (χ2n) is 2.44. The Labute approximate surface area is 65.2 Å². The molecule has 2 N–H and O–H groups in total. The molecule has 0 saturated carbocycles. The fourth-order valence-corrected chi connectivity index (χ4v) is 0.608. The van der Waals surface area contributed by atoms with Gasteiger partial charge in [-0.25, -0.2) is 0 Å². The molecule has 0 heterocycles. The van der Waals surface area contributed by atoms with E-state index in [1.807, 2.05) is 13.8 Å². The lowest BCUT2D eigenvalue weighted by molar-refractivity contribution is -0.120. The number of rotatable bonds is 3. The Bertz CT molecular complexity index is 185. The monoisotopic (exact) mass is 156 g/mol. The minimum Gasteiger partial charge on any atom is -0.321 e. The van der Waals surface area contributed by atoms with E-state index in [0.717, 1.165) is 6.42 Å². The number of carbonyl (C=O) groups is 1. The van der Waals surface area contributed by atoms with Gasteiger partial charge in [0, 0.05) is 4.91 Å². The maximum Gasteiger partial charge on any atom is 0.235 e. The second kappa shape index (κ2) is 4.71. The third-order valence-corrected chi connectivity index (χ3v) is 1.69. The Hall–Kier alpha value is -1.06. The van der Waals surface area contributed by atoms with Crippen LogP contribution >= 0.6 is 0 Å². The molecule has 0 saturated heterocycles. The van der Waals surface area contributed by atoms with Crippen molar-refractivity contribution in [2.45, 2.75) is 26.3 Å². The van der Waals surface area contributed by atoms with Crippen molar-refractivity contribution in [3.05, 3.63) is 10.4 Å². The van der Waals surface area contributed by atoms with E-state index in [1.165, 1.54) is 0 Å². The fraction of sp³-hybridized carbons (Fsp3) is 0.833. The average molecular weight is 156 g/mol. The van der Waals surface area contributed by atoms with Crippen LogP contribution in [-0.4, -0.2) is 11.9 Å². The van der Waals surface area contributed by atoms with Crippen LogP contribution in [0.4, 0.5) is 0 Å². The van der Waals surface area contributed by atoms with Gasteiger partial charge in [-0.05, 0) is 16.6 Å². The molecule has 0 aliphatic carbocycles. The first-order valence-electron chi connectivity index (χ1n) is 3.48. The molecule has 0 bridgehead atoms. The zero-order chi connectivity index (χ0) is 8.85. The molecule has 0 radical (unpaired) electrons. The molecule has 0 aromatic heterocycles. The normalized spacial score (nSPS) is 14.8. The first kappa shape index (κ1) is 9.94. The van der Waals surface area contributed by atoms with Crippen LogP contribution in [0.3, 0.4) is 0 Å². The molecule has 11 heavy (non-hydrogen) atoms. The van der Waals surface area contributed by atoms with Crippen LogP contribution in [0.1, 0.15) is 20.3 Å². The summed E-state index contributed by atoms with van der Waals surface area (Å²) in [5, 5.41) is 2.91. The zero-order valence-corrected chi connectivity index (χ0v) is 6.69. The Morgan fingerprint density at radius 2 is 2.36 bits per heavy atom. The van der Waals surface area contributed by atoms with E-state index in [9.17, 15) is 4.79 Å². The van der Waals surface area contributed by atoms with Crippen molar-refractivity contribution in [3.8, 4) is 0 Å². The van der Waals surface area contributed by atoms with E-state index in [1.54, 1.807) is 0 Å². The topological polar surface area (TPSA) is 91.9 Å². The Kier molecular flexibility index (Phi) is 4.26. The fourth-order valence-electron chi connectivity index (χ4n) is 0.608. The van der Waals surface area contributed by atoms with Gasteiger partial charge < -0.3 is 5.73 Å². The quantitative estimate of drug-likeness (QED) is 0.377. The van der Waals surface area contributed by atoms with Crippen molar-refractivity contribution < 1.29 is 4.79 Å². The Morgan fingerprint density at radius 1 is 1.82 bits per heavy atom. The lowest BCUT2D eigenvalue weighted by atomic mass is 10.00. The van der Waals surface area contributed by atoms with Gasteiger partial charge in [-0.1, -0.05) is 20.3 Å². The first-order valence-corrected chi connectivity index (χ1v) is 3.48. The van der Waals surface area contributed by atoms with E-state index in [0.29, 0.717) is 0 Å². The summed E-state index contributed by atoms with van der Waals surface area (Å²) in [5.41, 5.74) is 13.4. The van der Waals surface area contributed by atoms with Crippen molar-refractivity contribution in [1.29, 1.82) is 0 Å². The predicted octanol–water partition coefficient (Wildman–Crippen LogP) is 1.20. The maximum atomic E-state index is 10.8. The second-order valence-corrected chi connectivity index (χ2v) is 2.44. The predicted molar refractivity (Wildman–Crippen MR) is 41.6 cm³/mol. The van der Waals surface area contributed by atoms with Crippen molar-refractivity contribution in [2.24, 2.45) is 16.8 Å². The van der Waals surface area contributed by atoms with Gasteiger partial charge in [0.15, 0.2) is 0 Å². The molecule has 5 nitrogen and oxygen atoms in total. The molecule has 0 spiro atoms. The molecule has 1 amide bonds. The standard InChI is InChI=1S/C6H12N4O/c1-3-4(2)5(7)6(11)9-10-8/h4-5H,3,7H2,1-2H3/t4-,5-/m0/s1. The van der Waals surface area contributed by atoms with Gasteiger partial charge in [0.1, 0.15) is 0 Å². The van der Waals surface area contributed by atoms with Crippen molar-refractivity contribution in [3.63, 3.8) is 0 Å². The summed E-state index contributed by atoms with van der Waals surface area (Å²) in [5.74, 6) is -0.519. The number of carbonyl (C=O) groups excluding carboxylic acids is 1. The molecule has 0 fully saturated rings. The SMILES string of the molecule is CC[C@H](C)[C@H](N)C(=O)N=[N+]=[N-]. The van der Waals surface area contributed by atoms with Gasteiger partial charge in [-0.15, -0.1) is 0 Å². The minimum absolute atomic E-state index is 0.0630. The third-order valence-electron chi connectivity index (χ3n) is 1.69. The molecule has 0 aliphatic rings. The van der Waals surface area contributed by atoms with Gasteiger partial charge >= 0.3 is 0 Å². The minimum atomic E-state index is -0.657. The van der Waals surface area contributed by atoms with Crippen LogP contribution in [-0.2, 0) is 4.79 Å². The Morgan fingerprint density at radius 3 is 2.73 bits per heavy atom. The van der Waals surface area contributed by atoms with Crippen LogP contribution in [0, 0.1) is 5.92 Å². The van der Waals surface area contributed by atoms with Gasteiger partial charge in [-0.2, -0.15) is 0 Å². The van der Waals surface area contributed by atoms with Crippen molar-refractivity contribution in [2.75, 3.05) is 0 Å². The summed E-state index contributed by atoms with van der Waals surface area (Å²) >= 11 is 0. The molecule has 0 unspecified atom stereocenters. The van der Waals surface area contributed by atoms with Crippen LogP contribution in [0.2, 0.25) is 0 Å². The van der Waals surface area contributed by atoms with Crippen LogP contribution < -0.4 is 5.73 Å². The van der Waals surface area contributed by atoms with Crippen LogP contribution in [0.15, 0.2) is 5.11 Å². The van der Waals surface area contributed by atoms with Gasteiger partial charge in [0.25, 0.3) is 0 Å². The van der Waals surface area contributed by atoms with E-state index in [2.05, 4.69) is 10.0 Å². The smallest absolute Gasteiger partial charge is 0.235 e. The molecule has 0 rings (SSSR count). The Balaban J connectivity index is 4.12. The van der Waals surface area contributed by atoms with E-state index in [-0.39, 0.29) is 5.92 Å². The zero-order valence-electron chi connectivity index (χ0n) is 6.69. The van der Waals surface area contributed by atoms with Crippen LogP contribution in [0.5, 0.6) is 0 Å². The molecule has 62 valence electrons. The van der Waals surface area contributed by atoms with Crippen molar-refractivity contribution >= 4 is 5.91 Å². The lowest BCUT2D eigenvalue weighted by Gasteiger charge is -2.13. The summed E-state index contributed by atoms with van der Waals surface area (Å²) in [6, 6.07) is -0.657. The highest BCUT2D eigenvalue weighted by atomic mass is 16.2. The maximum absolute atomic E-state index is 10.8. The van der Waals surface area contributed by atoms with Crippen LogP contribution in [0.25, 0.3) is 10.4 Å². The molecule has 0 aromatic rings. The number of nitrogens with two attached hydrogens (primary N) is 1. The number of amides is 1. The first-order chi connectivity index (χ1) is 5.13. The summed E-state index contributed by atoms with van der Waals surface area (Å²) in [4.78, 5) is 13.2. The third kappa shape index (κ3) is 3.02. The number of azide groups is 1. The highest BCUT2D eigenvalue weighted by Gasteiger charge is 2.17. The molecule has 5 heteroatoms. The van der Waals surface area contributed by atoms with E-state index >= 15 is 0 Å². The average Bonchev–Trinajstić information content (AvgIpc) is 2.02. The number of nitrogens with zero attached hydrogens (tertiary/aromatic N) is 3. The molecular formula is C6H12N4O. The summed E-state index contributed by atoms with van der Waals surface area (Å²) < 4.78 is 0. The molecule has 2 atom stereocenters. The number of hydrogen-bond acceptors (Lipinski definition) is 2. The molecular weight excluding hydrogens is 144 g/mol. The van der Waals surface area contributed by atoms with Crippen molar-refractivity contribution in [1.82, 2.24) is 0 Å². The summed E-state index contributed by atoms with van der Waals surface area (Å²) in [6.07, 6.45) is 0.799. The highest BCUT2D eigenvalue weighted by molar-refractivity contribution is 5.82. The van der Waals surface area contributed by atoms with Gasteiger partial charge in [0.2, 0.25) is 5.91 Å². The van der Waals surface area contributed by atoms with E-state index < -0.39 is 11.9 Å². The number of hydrogen-bond donors (Lipinski definition) is 1. The largest absolute Gasteiger partial charge is 0.321 e. The van der Waals surface area contributed by atoms with E-state index in [4.69, 9.17) is 11.3 Å². The van der Waals surface area contributed by atoms with Gasteiger partial charge in [0.05, 0.1) is 6.04 Å². The van der Waals surface area contributed by atoms with Gasteiger partial charge in [-0.3, -0.25) is 4.79 Å². The summed E-state index contributed by atoms with van der Waals surface area (Å²) in [6.45, 7) is 3.77. The molecule has 0 aliphatic heterocycles. The molecule has 0 aromatic carbocycles. The lowest BCUT2D eigenvalue weighted by Crippen LogP contribution is -2.35. The highest BCUT2D eigenvalue weighted by Crippen LogP contribution is 2.06. The summed E-state index contributed by atoms with van der Waals surface area (Å²) in [7, 11) is 0.